The van der Waals surface area contributed by atoms with E-state index in [1.165, 1.54) is 18.5 Å². The SMILES string of the molecule is CC(CN(C)C)NS(=O)(=O)c1cnccc1Cl. The maximum Gasteiger partial charge on any atom is 0.243 e. The Morgan fingerprint density at radius 1 is 1.53 bits per heavy atom. The largest absolute Gasteiger partial charge is 0.308 e. The van der Waals surface area contributed by atoms with Gasteiger partial charge in [0.2, 0.25) is 10.0 Å². The van der Waals surface area contributed by atoms with Gasteiger partial charge in [0.05, 0.1) is 5.02 Å². The van der Waals surface area contributed by atoms with Gasteiger partial charge in [-0.15, -0.1) is 0 Å². The van der Waals surface area contributed by atoms with Crippen molar-refractivity contribution in [1.29, 1.82) is 0 Å². The van der Waals surface area contributed by atoms with Crippen molar-refractivity contribution in [3.8, 4) is 0 Å². The minimum atomic E-state index is -3.61. The zero-order valence-corrected chi connectivity index (χ0v) is 11.6. The van der Waals surface area contributed by atoms with Gasteiger partial charge in [0.25, 0.3) is 0 Å². The summed E-state index contributed by atoms with van der Waals surface area (Å²) in [6.07, 6.45) is 2.69. The van der Waals surface area contributed by atoms with E-state index in [9.17, 15) is 8.42 Å². The molecule has 0 aliphatic heterocycles. The van der Waals surface area contributed by atoms with Gasteiger partial charge in [-0.25, -0.2) is 13.1 Å². The summed E-state index contributed by atoms with van der Waals surface area (Å²) in [6.45, 7) is 2.40. The molecule has 0 saturated heterocycles. The van der Waals surface area contributed by atoms with Gasteiger partial charge >= 0.3 is 0 Å². The van der Waals surface area contributed by atoms with Crippen LogP contribution in [0, 0.1) is 0 Å². The Kier molecular flexibility index (Phi) is 4.88. The van der Waals surface area contributed by atoms with Crippen molar-refractivity contribution >= 4 is 21.6 Å². The van der Waals surface area contributed by atoms with Crippen molar-refractivity contribution in [2.24, 2.45) is 0 Å². The van der Waals surface area contributed by atoms with Gasteiger partial charge in [-0.2, -0.15) is 0 Å². The number of halogens is 1. The van der Waals surface area contributed by atoms with E-state index >= 15 is 0 Å². The van der Waals surface area contributed by atoms with Crippen LogP contribution in [0.2, 0.25) is 5.02 Å². The number of sulfonamides is 1. The van der Waals surface area contributed by atoms with Crippen LogP contribution in [-0.4, -0.2) is 45.0 Å². The zero-order valence-electron chi connectivity index (χ0n) is 10.0. The van der Waals surface area contributed by atoms with E-state index in [2.05, 4.69) is 9.71 Å². The normalized spacial score (nSPS) is 13.9. The van der Waals surface area contributed by atoms with Crippen LogP contribution in [-0.2, 0) is 10.0 Å². The van der Waals surface area contributed by atoms with Crippen LogP contribution in [0.5, 0.6) is 0 Å². The Balaban J connectivity index is 2.86. The van der Waals surface area contributed by atoms with Gasteiger partial charge in [0.1, 0.15) is 4.90 Å². The van der Waals surface area contributed by atoms with E-state index in [1.807, 2.05) is 19.0 Å². The first-order valence-electron chi connectivity index (χ1n) is 5.09. The van der Waals surface area contributed by atoms with Crippen LogP contribution < -0.4 is 4.72 Å². The molecule has 1 N–H and O–H groups in total. The molecule has 0 amide bonds. The topological polar surface area (TPSA) is 62.3 Å². The van der Waals surface area contributed by atoms with Gasteiger partial charge in [-0.1, -0.05) is 11.6 Å². The lowest BCUT2D eigenvalue weighted by Crippen LogP contribution is -2.39. The van der Waals surface area contributed by atoms with E-state index in [1.54, 1.807) is 6.92 Å². The van der Waals surface area contributed by atoms with Gasteiger partial charge in [0, 0.05) is 25.0 Å². The van der Waals surface area contributed by atoms with Crippen LogP contribution in [0.4, 0.5) is 0 Å². The predicted octanol–water partition coefficient (Wildman–Crippen LogP) is 0.963. The van der Waals surface area contributed by atoms with Crippen molar-refractivity contribution in [2.45, 2.75) is 17.9 Å². The first-order chi connectivity index (χ1) is 7.83. The summed E-state index contributed by atoms with van der Waals surface area (Å²) in [6, 6.07) is 1.25. The molecule has 1 aromatic rings. The minimum absolute atomic E-state index is 0.00673. The number of aromatic nitrogens is 1. The standard InChI is InChI=1S/C10H16ClN3O2S/c1-8(7-14(2)3)13-17(15,16)10-6-12-5-4-9(10)11/h4-6,8,13H,7H2,1-3H3. The molecule has 0 aliphatic carbocycles. The van der Waals surface area contributed by atoms with Crippen molar-refractivity contribution in [3.63, 3.8) is 0 Å². The predicted molar refractivity (Wildman–Crippen MR) is 67.6 cm³/mol. The maximum absolute atomic E-state index is 12.0. The third kappa shape index (κ3) is 4.23. The first kappa shape index (κ1) is 14.4. The van der Waals surface area contributed by atoms with Gasteiger partial charge in [-0.05, 0) is 27.1 Å². The monoisotopic (exact) mass is 277 g/mol. The number of hydrogen-bond donors (Lipinski definition) is 1. The average Bonchev–Trinajstić information content (AvgIpc) is 2.15. The van der Waals surface area contributed by atoms with Gasteiger partial charge < -0.3 is 4.90 Å². The zero-order chi connectivity index (χ0) is 13.1. The molecule has 0 bridgehead atoms. The number of pyridine rings is 1. The summed E-state index contributed by atoms with van der Waals surface area (Å²) in [5.41, 5.74) is 0. The number of nitrogens with one attached hydrogen (secondary N) is 1. The average molecular weight is 278 g/mol. The summed E-state index contributed by atoms with van der Waals surface area (Å²) in [5, 5.41) is 0.171. The fourth-order valence-electron chi connectivity index (χ4n) is 1.47. The molecule has 0 aromatic carbocycles. The molecule has 0 aliphatic rings. The summed E-state index contributed by atoms with van der Waals surface area (Å²) in [4.78, 5) is 5.67. The molecule has 0 saturated carbocycles. The number of hydrogen-bond acceptors (Lipinski definition) is 4. The molecule has 1 atom stereocenters. The second-order valence-corrected chi connectivity index (χ2v) is 6.18. The molecule has 0 fully saturated rings. The Morgan fingerprint density at radius 2 is 2.18 bits per heavy atom. The van der Waals surface area contributed by atoms with E-state index in [0.717, 1.165) is 0 Å². The molecule has 0 spiro atoms. The third-order valence-electron chi connectivity index (χ3n) is 2.02. The van der Waals surface area contributed by atoms with Crippen LogP contribution in [0.25, 0.3) is 0 Å². The van der Waals surface area contributed by atoms with Gasteiger partial charge in [0.15, 0.2) is 0 Å². The highest BCUT2D eigenvalue weighted by Gasteiger charge is 2.20. The summed E-state index contributed by atoms with van der Waals surface area (Å²) in [5.74, 6) is 0. The Bertz CT molecular complexity index is 476. The number of likely N-dealkylation sites (N-methyl/N-ethyl adjacent to an activating group) is 1. The molecule has 0 radical (unpaired) electrons. The Labute approximate surface area is 107 Å². The molecule has 96 valence electrons. The highest BCUT2D eigenvalue weighted by molar-refractivity contribution is 7.89. The van der Waals surface area contributed by atoms with Crippen molar-refractivity contribution < 1.29 is 8.42 Å². The smallest absolute Gasteiger partial charge is 0.243 e. The summed E-state index contributed by atoms with van der Waals surface area (Å²) >= 11 is 5.83. The second-order valence-electron chi connectivity index (χ2n) is 4.09. The fourth-order valence-corrected chi connectivity index (χ4v) is 3.14. The lowest BCUT2D eigenvalue weighted by atomic mass is 10.3. The fraction of sp³-hybridized carbons (Fsp3) is 0.500. The molecule has 5 nitrogen and oxygen atoms in total. The molecule has 1 heterocycles. The highest BCUT2D eigenvalue weighted by Crippen LogP contribution is 2.19. The number of rotatable bonds is 5. The lowest BCUT2D eigenvalue weighted by Gasteiger charge is -2.18. The molecule has 17 heavy (non-hydrogen) atoms. The highest BCUT2D eigenvalue weighted by atomic mass is 35.5. The van der Waals surface area contributed by atoms with Crippen molar-refractivity contribution in [3.05, 3.63) is 23.5 Å². The Morgan fingerprint density at radius 3 is 2.71 bits per heavy atom. The van der Waals surface area contributed by atoms with E-state index < -0.39 is 10.0 Å². The van der Waals surface area contributed by atoms with Crippen LogP contribution >= 0.6 is 11.6 Å². The minimum Gasteiger partial charge on any atom is -0.308 e. The number of nitrogens with zero attached hydrogens (tertiary/aromatic N) is 2. The molecular weight excluding hydrogens is 262 g/mol. The van der Waals surface area contributed by atoms with E-state index in [4.69, 9.17) is 11.6 Å². The lowest BCUT2D eigenvalue weighted by molar-refractivity contribution is 0.370. The second kappa shape index (κ2) is 5.77. The van der Waals surface area contributed by atoms with Gasteiger partial charge in [-0.3, -0.25) is 4.98 Å². The van der Waals surface area contributed by atoms with E-state index in [0.29, 0.717) is 6.54 Å². The summed E-state index contributed by atoms with van der Waals surface area (Å²) in [7, 11) is 0.147. The van der Waals surface area contributed by atoms with Crippen LogP contribution in [0.1, 0.15) is 6.92 Å². The van der Waals surface area contributed by atoms with E-state index in [-0.39, 0.29) is 16.0 Å². The molecule has 7 heteroatoms. The summed E-state index contributed by atoms with van der Waals surface area (Å²) < 4.78 is 26.5. The molecule has 1 aromatic heterocycles. The van der Waals surface area contributed by atoms with Crippen LogP contribution in [0.3, 0.4) is 0 Å². The molecular formula is C10H16ClN3O2S. The van der Waals surface area contributed by atoms with Crippen LogP contribution in [0.15, 0.2) is 23.4 Å². The maximum atomic E-state index is 12.0. The molecule has 1 unspecified atom stereocenters. The van der Waals surface area contributed by atoms with Crippen molar-refractivity contribution in [2.75, 3.05) is 20.6 Å². The quantitative estimate of drug-likeness (QED) is 0.871. The first-order valence-corrected chi connectivity index (χ1v) is 6.95. The third-order valence-corrected chi connectivity index (χ3v) is 4.08. The van der Waals surface area contributed by atoms with Crippen molar-refractivity contribution in [1.82, 2.24) is 14.6 Å². The Hall–Kier alpha value is -0.690. The molecule has 1 rings (SSSR count).